The molecule has 1 N–H and O–H groups in total. The van der Waals surface area contributed by atoms with Crippen molar-refractivity contribution < 1.29 is 14.6 Å². The van der Waals surface area contributed by atoms with Crippen LogP contribution in [0.1, 0.15) is 35.3 Å². The van der Waals surface area contributed by atoms with Gasteiger partial charge in [-0.2, -0.15) is 0 Å². The van der Waals surface area contributed by atoms with Crippen molar-refractivity contribution in [3.8, 4) is 0 Å². The molecule has 0 radical (unpaired) electrons. The third-order valence-electron chi connectivity index (χ3n) is 2.97. The van der Waals surface area contributed by atoms with Crippen molar-refractivity contribution in [1.29, 1.82) is 0 Å². The molecule has 1 atom stereocenters. The fourth-order valence-corrected chi connectivity index (χ4v) is 2.26. The van der Waals surface area contributed by atoms with Crippen LogP contribution in [0.15, 0.2) is 30.0 Å². The zero-order valence-electron chi connectivity index (χ0n) is 11.9. The second-order valence-corrected chi connectivity index (χ2v) is 4.53. The summed E-state index contributed by atoms with van der Waals surface area (Å²) in [6.07, 6.45) is -1.06. The highest BCUT2D eigenvalue weighted by Gasteiger charge is 2.24. The van der Waals surface area contributed by atoms with Gasteiger partial charge in [0.1, 0.15) is 11.7 Å². The van der Waals surface area contributed by atoms with Crippen molar-refractivity contribution in [2.45, 2.75) is 33.8 Å². The summed E-state index contributed by atoms with van der Waals surface area (Å²) in [5, 5.41) is 10.4. The van der Waals surface area contributed by atoms with E-state index in [1.54, 1.807) is 6.92 Å². The van der Waals surface area contributed by atoms with Crippen LogP contribution in [0, 0.1) is 20.8 Å². The van der Waals surface area contributed by atoms with Crippen molar-refractivity contribution in [3.63, 3.8) is 0 Å². The third kappa shape index (κ3) is 3.34. The first-order chi connectivity index (χ1) is 8.92. The van der Waals surface area contributed by atoms with Gasteiger partial charge in [-0.15, -0.1) is 5.73 Å². The van der Waals surface area contributed by atoms with E-state index < -0.39 is 12.1 Å². The van der Waals surface area contributed by atoms with Crippen molar-refractivity contribution in [2.75, 3.05) is 6.61 Å². The van der Waals surface area contributed by atoms with Gasteiger partial charge in [-0.05, 0) is 44.4 Å². The summed E-state index contributed by atoms with van der Waals surface area (Å²) < 4.78 is 4.90. The molecule has 102 valence electrons. The van der Waals surface area contributed by atoms with Gasteiger partial charge in [-0.25, -0.2) is 4.79 Å². The van der Waals surface area contributed by atoms with E-state index in [2.05, 4.69) is 12.3 Å². The van der Waals surface area contributed by atoms with E-state index >= 15 is 0 Å². The molecular weight excluding hydrogens is 240 g/mol. The molecule has 3 heteroatoms. The monoisotopic (exact) mass is 260 g/mol. The van der Waals surface area contributed by atoms with E-state index in [1.165, 1.54) is 0 Å². The Morgan fingerprint density at radius 1 is 1.37 bits per heavy atom. The minimum Gasteiger partial charge on any atom is -0.462 e. The molecule has 0 aliphatic rings. The lowest BCUT2D eigenvalue weighted by Gasteiger charge is -2.18. The summed E-state index contributed by atoms with van der Waals surface area (Å²) in [5.74, 6) is -0.579. The number of carbonyl (C=O) groups is 1. The number of benzene rings is 1. The Morgan fingerprint density at radius 2 is 1.89 bits per heavy atom. The number of hydrogen-bond donors (Lipinski definition) is 1. The van der Waals surface area contributed by atoms with Gasteiger partial charge in [0.25, 0.3) is 0 Å². The fourth-order valence-electron chi connectivity index (χ4n) is 2.26. The lowest BCUT2D eigenvalue weighted by molar-refractivity contribution is -0.139. The zero-order valence-corrected chi connectivity index (χ0v) is 11.9. The predicted molar refractivity (Wildman–Crippen MR) is 74.9 cm³/mol. The molecule has 0 bridgehead atoms. The first-order valence-electron chi connectivity index (χ1n) is 6.25. The van der Waals surface area contributed by atoms with Crippen LogP contribution in [0.5, 0.6) is 0 Å². The van der Waals surface area contributed by atoms with Crippen molar-refractivity contribution in [1.82, 2.24) is 0 Å². The smallest absolute Gasteiger partial charge is 0.344 e. The second kappa shape index (κ2) is 6.37. The number of aliphatic hydroxyl groups is 1. The number of aliphatic hydroxyl groups excluding tert-OH is 1. The molecule has 3 nitrogen and oxygen atoms in total. The quantitative estimate of drug-likeness (QED) is 0.514. The largest absolute Gasteiger partial charge is 0.462 e. The Labute approximate surface area is 114 Å². The molecular formula is C16H20O3. The Kier molecular flexibility index (Phi) is 5.11. The first kappa shape index (κ1) is 15.2. The molecule has 0 amide bonds. The Bertz CT molecular complexity index is 514. The number of rotatable bonds is 4. The average Bonchev–Trinajstić information content (AvgIpc) is 2.28. The molecule has 0 saturated carbocycles. The van der Waals surface area contributed by atoms with Crippen LogP contribution in [-0.2, 0) is 9.53 Å². The number of aryl methyl sites for hydroxylation is 3. The van der Waals surface area contributed by atoms with Gasteiger partial charge in [0.15, 0.2) is 0 Å². The molecule has 1 aromatic carbocycles. The molecule has 0 spiro atoms. The maximum Gasteiger partial charge on any atom is 0.344 e. The van der Waals surface area contributed by atoms with E-state index in [-0.39, 0.29) is 12.2 Å². The van der Waals surface area contributed by atoms with Gasteiger partial charge in [0.05, 0.1) is 6.61 Å². The molecule has 1 rings (SSSR count). The van der Waals surface area contributed by atoms with Crippen LogP contribution in [0.25, 0.3) is 0 Å². The lowest BCUT2D eigenvalue weighted by atomic mass is 9.92. The van der Waals surface area contributed by atoms with Crippen LogP contribution in [0.4, 0.5) is 0 Å². The molecule has 1 aromatic rings. The number of ether oxygens (including phenoxy) is 1. The summed E-state index contributed by atoms with van der Waals surface area (Å²) in [6.45, 7) is 11.2. The Hall–Kier alpha value is -1.83. The van der Waals surface area contributed by atoms with Crippen molar-refractivity contribution in [3.05, 3.63) is 52.3 Å². The minimum absolute atomic E-state index is 0.0527. The van der Waals surface area contributed by atoms with E-state index in [0.29, 0.717) is 5.56 Å². The van der Waals surface area contributed by atoms with Gasteiger partial charge >= 0.3 is 5.97 Å². The standard InChI is InChI=1S/C16H20O3/c1-6-13(16(18)19-7-2)15(17)14-11(4)8-10(3)9-12(14)5/h8-9,15,17H,1,7H2,2-5H3. The molecule has 0 heterocycles. The normalized spacial score (nSPS) is 11.6. The number of carbonyl (C=O) groups excluding carboxylic acids is 1. The van der Waals surface area contributed by atoms with Crippen LogP contribution in [0.3, 0.4) is 0 Å². The molecule has 0 aromatic heterocycles. The predicted octanol–water partition coefficient (Wildman–Crippen LogP) is 2.92. The average molecular weight is 260 g/mol. The third-order valence-corrected chi connectivity index (χ3v) is 2.97. The zero-order chi connectivity index (χ0) is 14.6. The first-order valence-corrected chi connectivity index (χ1v) is 6.25. The van der Waals surface area contributed by atoms with Crippen LogP contribution < -0.4 is 0 Å². The number of esters is 1. The molecule has 0 fully saturated rings. The molecule has 0 saturated heterocycles. The van der Waals surface area contributed by atoms with Crippen molar-refractivity contribution in [2.24, 2.45) is 0 Å². The van der Waals surface area contributed by atoms with E-state index in [9.17, 15) is 9.90 Å². The van der Waals surface area contributed by atoms with Gasteiger partial charge in [-0.3, -0.25) is 0 Å². The highest BCUT2D eigenvalue weighted by Crippen LogP contribution is 2.28. The van der Waals surface area contributed by atoms with E-state index in [4.69, 9.17) is 4.74 Å². The van der Waals surface area contributed by atoms with Crippen LogP contribution >= 0.6 is 0 Å². The van der Waals surface area contributed by atoms with Crippen LogP contribution in [-0.4, -0.2) is 17.7 Å². The van der Waals surface area contributed by atoms with E-state index in [0.717, 1.165) is 16.7 Å². The summed E-state index contributed by atoms with van der Waals surface area (Å²) in [5.41, 5.74) is 6.24. The maximum absolute atomic E-state index is 11.8. The Balaban J connectivity index is 3.23. The summed E-state index contributed by atoms with van der Waals surface area (Å²) in [6, 6.07) is 3.94. The highest BCUT2D eigenvalue weighted by molar-refractivity contribution is 5.89. The van der Waals surface area contributed by atoms with Gasteiger partial charge in [0.2, 0.25) is 0 Å². The highest BCUT2D eigenvalue weighted by atomic mass is 16.5. The van der Waals surface area contributed by atoms with Crippen LogP contribution in [0.2, 0.25) is 0 Å². The SMILES string of the molecule is C=C=C(C(=O)OCC)C(O)c1c(C)cc(C)cc1C. The molecule has 0 aliphatic heterocycles. The maximum atomic E-state index is 11.8. The molecule has 1 unspecified atom stereocenters. The van der Waals surface area contributed by atoms with Gasteiger partial charge in [0, 0.05) is 0 Å². The lowest BCUT2D eigenvalue weighted by Crippen LogP contribution is -2.15. The number of hydrogen-bond acceptors (Lipinski definition) is 3. The van der Waals surface area contributed by atoms with E-state index in [1.807, 2.05) is 32.9 Å². The fraction of sp³-hybridized carbons (Fsp3) is 0.375. The second-order valence-electron chi connectivity index (χ2n) is 4.53. The summed E-state index contributed by atoms with van der Waals surface area (Å²) in [4.78, 5) is 11.8. The summed E-state index contributed by atoms with van der Waals surface area (Å²) in [7, 11) is 0. The van der Waals surface area contributed by atoms with Gasteiger partial charge in [-0.1, -0.05) is 24.3 Å². The Morgan fingerprint density at radius 3 is 2.32 bits per heavy atom. The topological polar surface area (TPSA) is 46.5 Å². The minimum atomic E-state index is -1.06. The summed E-state index contributed by atoms with van der Waals surface area (Å²) >= 11 is 0. The molecule has 19 heavy (non-hydrogen) atoms. The van der Waals surface area contributed by atoms with Gasteiger partial charge < -0.3 is 9.84 Å². The van der Waals surface area contributed by atoms with Crippen molar-refractivity contribution >= 4 is 5.97 Å². The molecule has 0 aliphatic carbocycles.